The maximum atomic E-state index is 13.1. The second-order valence-corrected chi connectivity index (χ2v) is 8.02. The van der Waals surface area contributed by atoms with E-state index in [1.165, 1.54) is 11.1 Å². The van der Waals surface area contributed by atoms with Gasteiger partial charge in [0.25, 0.3) is 11.8 Å². The number of nitrogens with one attached hydrogen (secondary N) is 2. The van der Waals surface area contributed by atoms with E-state index in [4.69, 9.17) is 0 Å². The summed E-state index contributed by atoms with van der Waals surface area (Å²) >= 11 is 0. The summed E-state index contributed by atoms with van der Waals surface area (Å²) in [6.07, 6.45) is 4.52. The van der Waals surface area contributed by atoms with Gasteiger partial charge >= 0.3 is 0 Å². The van der Waals surface area contributed by atoms with Crippen LogP contribution in [0, 0.1) is 17.2 Å². The van der Waals surface area contributed by atoms with E-state index in [-0.39, 0.29) is 23.6 Å². The number of carbonyl (C=O) groups excluding carboxylic acids is 2. The number of likely N-dealkylation sites (N-methyl/N-ethyl adjacent to an activating group) is 1. The Hall–Kier alpha value is -3.99. The first kappa shape index (κ1) is 19.0. The first-order valence-electron chi connectivity index (χ1n) is 10.1. The molecular weight excluding hydrogens is 392 g/mol. The van der Waals surface area contributed by atoms with Crippen molar-refractivity contribution in [2.24, 2.45) is 5.92 Å². The summed E-state index contributed by atoms with van der Waals surface area (Å²) in [7, 11) is 1.65. The predicted molar refractivity (Wildman–Crippen MR) is 112 cm³/mol. The van der Waals surface area contributed by atoms with Crippen molar-refractivity contribution < 1.29 is 9.59 Å². The van der Waals surface area contributed by atoms with E-state index in [1.54, 1.807) is 19.3 Å². The van der Waals surface area contributed by atoms with Crippen molar-refractivity contribution in [3.8, 4) is 6.07 Å². The van der Waals surface area contributed by atoms with Gasteiger partial charge in [-0.25, -0.2) is 9.97 Å². The number of rotatable bonds is 4. The van der Waals surface area contributed by atoms with Gasteiger partial charge in [-0.1, -0.05) is 30.3 Å². The van der Waals surface area contributed by atoms with Crippen molar-refractivity contribution in [3.05, 3.63) is 77.0 Å². The highest BCUT2D eigenvalue weighted by molar-refractivity contribution is 6.02. The normalized spacial score (nSPS) is 21.5. The third-order valence-electron chi connectivity index (χ3n) is 5.97. The molecule has 8 nitrogen and oxygen atoms in total. The van der Waals surface area contributed by atoms with Crippen molar-refractivity contribution in [1.29, 1.82) is 5.26 Å². The lowest BCUT2D eigenvalue weighted by Gasteiger charge is -2.22. The summed E-state index contributed by atoms with van der Waals surface area (Å²) in [5.41, 5.74) is 3.29. The molecule has 154 valence electrons. The summed E-state index contributed by atoms with van der Waals surface area (Å²) in [5, 5.41) is 12.1. The highest BCUT2D eigenvalue weighted by Gasteiger charge is 2.52. The van der Waals surface area contributed by atoms with Gasteiger partial charge in [0.15, 0.2) is 5.82 Å². The summed E-state index contributed by atoms with van der Waals surface area (Å²) in [6, 6.07) is 13.1. The molecule has 2 aliphatic rings. The number of pyridine rings is 1. The lowest BCUT2D eigenvalue weighted by atomic mass is 10.1. The zero-order valence-electron chi connectivity index (χ0n) is 16.9. The molecule has 3 heterocycles. The van der Waals surface area contributed by atoms with Crippen LogP contribution in [-0.4, -0.2) is 39.9 Å². The van der Waals surface area contributed by atoms with Crippen LogP contribution >= 0.6 is 0 Å². The number of amides is 2. The van der Waals surface area contributed by atoms with Crippen molar-refractivity contribution in [1.82, 2.24) is 20.3 Å². The van der Waals surface area contributed by atoms with E-state index >= 15 is 0 Å². The molecule has 3 aromatic rings. The summed E-state index contributed by atoms with van der Waals surface area (Å²) < 4.78 is 0. The minimum atomic E-state index is -0.662. The molecule has 1 fully saturated rings. The summed E-state index contributed by atoms with van der Waals surface area (Å²) in [4.78, 5) is 39.0. The minimum absolute atomic E-state index is 0.0188. The highest BCUT2D eigenvalue weighted by atomic mass is 16.2. The average Bonchev–Trinajstić information content (AvgIpc) is 3.46. The number of hydrogen-bond acceptors (Lipinski definition) is 5. The monoisotopic (exact) mass is 412 g/mol. The van der Waals surface area contributed by atoms with E-state index in [0.29, 0.717) is 17.8 Å². The average molecular weight is 412 g/mol. The number of nitriles is 1. The number of carbonyl (C=O) groups is 2. The van der Waals surface area contributed by atoms with Crippen LogP contribution in [0.3, 0.4) is 0 Å². The van der Waals surface area contributed by atoms with Crippen LogP contribution in [0.2, 0.25) is 0 Å². The number of hydrogen-bond donors (Lipinski definition) is 2. The maximum absolute atomic E-state index is 13.1. The van der Waals surface area contributed by atoms with Gasteiger partial charge < -0.3 is 10.3 Å². The van der Waals surface area contributed by atoms with E-state index in [0.717, 1.165) is 23.2 Å². The Labute approximate surface area is 178 Å². The lowest BCUT2D eigenvalue weighted by Crippen LogP contribution is -2.48. The molecule has 1 saturated carbocycles. The van der Waals surface area contributed by atoms with Crippen molar-refractivity contribution in [3.63, 3.8) is 0 Å². The molecule has 0 saturated heterocycles. The molecule has 2 aromatic heterocycles. The van der Waals surface area contributed by atoms with Gasteiger partial charge in [-0.3, -0.25) is 14.5 Å². The fourth-order valence-electron chi connectivity index (χ4n) is 4.28. The molecule has 2 N–H and O–H groups in total. The third-order valence-corrected chi connectivity index (χ3v) is 5.97. The first-order valence-corrected chi connectivity index (χ1v) is 10.1. The van der Waals surface area contributed by atoms with Gasteiger partial charge in [0.1, 0.15) is 17.9 Å². The van der Waals surface area contributed by atoms with Crippen LogP contribution in [0.15, 0.2) is 48.8 Å². The van der Waals surface area contributed by atoms with Crippen LogP contribution in [0.25, 0.3) is 0 Å². The molecule has 0 bridgehead atoms. The third kappa shape index (κ3) is 3.44. The molecule has 0 spiro atoms. The second-order valence-electron chi connectivity index (χ2n) is 8.02. The largest absolute Gasteiger partial charge is 0.337 e. The number of imidazole rings is 1. The van der Waals surface area contributed by atoms with Crippen LogP contribution in [0.1, 0.15) is 45.3 Å². The standard InChI is InChI=1S/C23H20N6O2/c1-29-21-18(8-14(10-24)11-26-21)16-9-17(16)19(23(29)31)28-22(30)20-25-12-15(27-20)7-13-5-3-2-4-6-13/h2-6,8,11-12,16-17,19H,7,9H2,1H3,(H,25,27)(H,28,30)/t16-,17+,19+/m1/s1. The maximum Gasteiger partial charge on any atom is 0.287 e. The molecule has 0 radical (unpaired) electrons. The smallest absolute Gasteiger partial charge is 0.287 e. The predicted octanol–water partition coefficient (Wildman–Crippen LogP) is 2.15. The molecule has 8 heteroatoms. The quantitative estimate of drug-likeness (QED) is 0.681. The fraction of sp³-hybridized carbons (Fsp3) is 0.261. The number of fused-ring (bicyclic) bond motifs is 3. The number of anilines is 1. The SMILES string of the molecule is CN1C(=O)[C@@H](NC(=O)c2ncc(Cc3ccccc3)[nH]2)[C@H]2C[C@H]2c2cc(C#N)cnc21. The van der Waals surface area contributed by atoms with Crippen LogP contribution in [-0.2, 0) is 11.2 Å². The molecule has 0 unspecified atom stereocenters. The van der Waals surface area contributed by atoms with Gasteiger partial charge in [0, 0.05) is 31.6 Å². The van der Waals surface area contributed by atoms with Gasteiger partial charge in [0.2, 0.25) is 0 Å². The molecule has 2 amide bonds. The highest BCUT2D eigenvalue weighted by Crippen LogP contribution is 2.54. The van der Waals surface area contributed by atoms with Crippen molar-refractivity contribution in [2.45, 2.75) is 24.8 Å². The molecule has 1 aromatic carbocycles. The van der Waals surface area contributed by atoms with Crippen LogP contribution in [0.5, 0.6) is 0 Å². The Morgan fingerprint density at radius 2 is 2.10 bits per heavy atom. The van der Waals surface area contributed by atoms with E-state index < -0.39 is 11.9 Å². The van der Waals surface area contributed by atoms with Gasteiger partial charge in [-0.2, -0.15) is 5.26 Å². The number of H-pyrrole nitrogens is 1. The molecule has 1 aliphatic carbocycles. The lowest BCUT2D eigenvalue weighted by molar-refractivity contribution is -0.120. The molecule has 3 atom stereocenters. The Bertz CT molecular complexity index is 1210. The van der Waals surface area contributed by atoms with Crippen molar-refractivity contribution >= 4 is 17.6 Å². The Morgan fingerprint density at radius 3 is 2.87 bits per heavy atom. The topological polar surface area (TPSA) is 115 Å². The molecular formula is C23H20N6O2. The van der Waals surface area contributed by atoms with Gasteiger partial charge in [0.05, 0.1) is 5.56 Å². The molecule has 5 rings (SSSR count). The summed E-state index contributed by atoms with van der Waals surface area (Å²) in [5.74, 6) is 0.192. The molecule has 31 heavy (non-hydrogen) atoms. The van der Waals surface area contributed by atoms with E-state index in [9.17, 15) is 14.9 Å². The zero-order valence-corrected chi connectivity index (χ0v) is 16.9. The first-order chi connectivity index (χ1) is 15.0. The van der Waals surface area contributed by atoms with E-state index in [2.05, 4.69) is 26.3 Å². The Kier molecular flexibility index (Phi) is 4.51. The number of benzene rings is 1. The van der Waals surface area contributed by atoms with Gasteiger partial charge in [-0.05, 0) is 35.4 Å². The number of aromatic amines is 1. The number of aromatic nitrogens is 3. The molecule has 1 aliphatic heterocycles. The second kappa shape index (κ2) is 7.36. The number of nitrogens with zero attached hydrogens (tertiary/aromatic N) is 4. The van der Waals surface area contributed by atoms with Crippen molar-refractivity contribution in [2.75, 3.05) is 11.9 Å². The zero-order chi connectivity index (χ0) is 21.5. The van der Waals surface area contributed by atoms with Crippen LogP contribution < -0.4 is 10.2 Å². The summed E-state index contributed by atoms with van der Waals surface area (Å²) in [6.45, 7) is 0. The van der Waals surface area contributed by atoms with Crippen LogP contribution in [0.4, 0.5) is 5.82 Å². The fourth-order valence-corrected chi connectivity index (χ4v) is 4.28. The Balaban J connectivity index is 1.33. The Morgan fingerprint density at radius 1 is 1.29 bits per heavy atom. The minimum Gasteiger partial charge on any atom is -0.337 e. The van der Waals surface area contributed by atoms with E-state index in [1.807, 2.05) is 30.3 Å². The van der Waals surface area contributed by atoms with Gasteiger partial charge in [-0.15, -0.1) is 0 Å².